The summed E-state index contributed by atoms with van der Waals surface area (Å²) in [6, 6.07) is 9.72. The summed E-state index contributed by atoms with van der Waals surface area (Å²) < 4.78 is 13.2. The highest BCUT2D eigenvalue weighted by atomic mass is 19.1. The van der Waals surface area contributed by atoms with E-state index < -0.39 is 5.91 Å². The van der Waals surface area contributed by atoms with Crippen LogP contribution in [0.15, 0.2) is 42.6 Å². The monoisotopic (exact) mass is 440 g/mol. The van der Waals surface area contributed by atoms with Crippen LogP contribution in [-0.2, 0) is 4.79 Å². The van der Waals surface area contributed by atoms with E-state index in [4.69, 9.17) is 5.73 Å². The average molecular weight is 441 g/mol. The molecule has 8 nitrogen and oxygen atoms in total. The molecule has 0 radical (unpaired) electrons. The van der Waals surface area contributed by atoms with Crippen molar-refractivity contribution in [2.75, 3.05) is 62.2 Å². The summed E-state index contributed by atoms with van der Waals surface area (Å²) in [5.41, 5.74) is 6.88. The molecule has 1 atom stereocenters. The highest BCUT2D eigenvalue weighted by molar-refractivity contribution is 5.97. The van der Waals surface area contributed by atoms with Gasteiger partial charge < -0.3 is 20.4 Å². The van der Waals surface area contributed by atoms with Crippen LogP contribution in [0.25, 0.3) is 0 Å². The van der Waals surface area contributed by atoms with Gasteiger partial charge in [-0.2, -0.15) is 0 Å². The second-order valence-electron chi connectivity index (χ2n) is 8.23. The number of aromatic nitrogens is 1. The van der Waals surface area contributed by atoms with Crippen LogP contribution in [0.5, 0.6) is 0 Å². The van der Waals surface area contributed by atoms with Crippen LogP contribution < -0.4 is 15.5 Å². The lowest BCUT2D eigenvalue weighted by molar-refractivity contribution is -0.136. The molecule has 2 amide bonds. The lowest BCUT2D eigenvalue weighted by Gasteiger charge is -2.41. The molecule has 3 heterocycles. The number of anilines is 2. The Morgan fingerprint density at radius 2 is 1.56 bits per heavy atom. The summed E-state index contributed by atoms with van der Waals surface area (Å²) in [6.45, 7) is 7.48. The number of carbonyl (C=O) groups excluding carboxylic acids is 2. The molecule has 0 saturated carbocycles. The Bertz CT molecular complexity index is 953. The van der Waals surface area contributed by atoms with Gasteiger partial charge >= 0.3 is 0 Å². The van der Waals surface area contributed by atoms with Gasteiger partial charge in [0.2, 0.25) is 5.91 Å². The fourth-order valence-corrected chi connectivity index (χ4v) is 4.42. The Morgan fingerprint density at radius 3 is 2.19 bits per heavy atom. The van der Waals surface area contributed by atoms with Gasteiger partial charge in [-0.15, -0.1) is 0 Å². The fraction of sp³-hybridized carbons (Fsp3) is 0.435. The predicted octanol–water partition coefficient (Wildman–Crippen LogP) is 1.18. The Labute approximate surface area is 187 Å². The van der Waals surface area contributed by atoms with Crippen molar-refractivity contribution in [2.24, 2.45) is 5.73 Å². The largest absolute Gasteiger partial charge is 0.369 e. The summed E-state index contributed by atoms with van der Waals surface area (Å²) in [5.74, 6) is -0.0336. The van der Waals surface area contributed by atoms with Gasteiger partial charge in [0.1, 0.15) is 11.6 Å². The van der Waals surface area contributed by atoms with Gasteiger partial charge in [0, 0.05) is 64.2 Å². The zero-order valence-electron chi connectivity index (χ0n) is 18.3. The van der Waals surface area contributed by atoms with E-state index in [1.54, 1.807) is 30.5 Å². The van der Waals surface area contributed by atoms with E-state index in [1.165, 1.54) is 12.1 Å². The van der Waals surface area contributed by atoms with Crippen LogP contribution in [0.1, 0.15) is 17.3 Å². The Morgan fingerprint density at radius 1 is 0.938 bits per heavy atom. The van der Waals surface area contributed by atoms with Gasteiger partial charge in [-0.1, -0.05) is 0 Å². The number of piperazine rings is 2. The summed E-state index contributed by atoms with van der Waals surface area (Å²) in [6.07, 6.45) is 1.65. The number of nitrogens with zero attached hydrogens (tertiary/aromatic N) is 5. The number of carbonyl (C=O) groups is 2. The number of nitrogens with two attached hydrogens (primary N) is 1. The number of hydrogen-bond donors (Lipinski definition) is 1. The van der Waals surface area contributed by atoms with Crippen molar-refractivity contribution in [3.63, 3.8) is 0 Å². The molecule has 0 bridgehead atoms. The quantitative estimate of drug-likeness (QED) is 0.752. The van der Waals surface area contributed by atoms with Crippen molar-refractivity contribution in [1.82, 2.24) is 14.8 Å². The zero-order valence-corrected chi connectivity index (χ0v) is 18.3. The topological polar surface area (TPSA) is 86.0 Å². The number of rotatable bonds is 5. The molecule has 0 spiro atoms. The van der Waals surface area contributed by atoms with Gasteiger partial charge in [0.15, 0.2) is 0 Å². The summed E-state index contributed by atoms with van der Waals surface area (Å²) in [7, 11) is 0. The molecule has 1 aromatic heterocycles. The molecule has 2 aromatic rings. The smallest absolute Gasteiger partial charge is 0.252 e. The maximum atomic E-state index is 13.2. The molecule has 2 aliphatic heterocycles. The SMILES string of the molecule is CC(C(=O)N1CCN(c2ncccc2C(N)=O)CC1)N1CCN(c2ccc(F)cc2)CC1. The van der Waals surface area contributed by atoms with Gasteiger partial charge in [-0.3, -0.25) is 14.5 Å². The second kappa shape index (κ2) is 9.52. The molecule has 9 heteroatoms. The van der Waals surface area contributed by atoms with E-state index in [-0.39, 0.29) is 17.8 Å². The van der Waals surface area contributed by atoms with Crippen LogP contribution in [-0.4, -0.2) is 85.0 Å². The maximum Gasteiger partial charge on any atom is 0.252 e. The first-order chi connectivity index (χ1) is 15.4. The summed E-state index contributed by atoms with van der Waals surface area (Å²) in [5, 5.41) is 0. The van der Waals surface area contributed by atoms with Crippen LogP contribution in [0.2, 0.25) is 0 Å². The van der Waals surface area contributed by atoms with Crippen LogP contribution in [0.4, 0.5) is 15.9 Å². The first-order valence-corrected chi connectivity index (χ1v) is 11.0. The number of primary amides is 1. The molecule has 170 valence electrons. The summed E-state index contributed by atoms with van der Waals surface area (Å²) in [4.78, 5) is 37.5. The van der Waals surface area contributed by atoms with E-state index in [2.05, 4.69) is 14.8 Å². The van der Waals surface area contributed by atoms with E-state index in [0.29, 0.717) is 37.6 Å². The third kappa shape index (κ3) is 4.67. The van der Waals surface area contributed by atoms with Crippen molar-refractivity contribution in [2.45, 2.75) is 13.0 Å². The molecule has 1 unspecified atom stereocenters. The normalized spacial score (nSPS) is 18.5. The number of benzene rings is 1. The predicted molar refractivity (Wildman–Crippen MR) is 121 cm³/mol. The van der Waals surface area contributed by atoms with Crippen LogP contribution in [0.3, 0.4) is 0 Å². The number of pyridine rings is 1. The molecule has 2 aliphatic rings. The number of halogens is 1. The van der Waals surface area contributed by atoms with E-state index in [0.717, 1.165) is 31.9 Å². The molecule has 2 fully saturated rings. The maximum absolute atomic E-state index is 13.2. The molecule has 2 saturated heterocycles. The average Bonchev–Trinajstić information content (AvgIpc) is 2.84. The molecule has 4 rings (SSSR count). The van der Waals surface area contributed by atoms with E-state index in [9.17, 15) is 14.0 Å². The molecule has 32 heavy (non-hydrogen) atoms. The third-order valence-corrected chi connectivity index (χ3v) is 6.35. The minimum absolute atomic E-state index is 0.121. The molecular weight excluding hydrogens is 411 g/mol. The first kappa shape index (κ1) is 22.0. The number of amides is 2. The van der Waals surface area contributed by atoms with Gasteiger partial charge in [-0.25, -0.2) is 9.37 Å². The van der Waals surface area contributed by atoms with Crippen molar-refractivity contribution in [3.8, 4) is 0 Å². The lowest BCUT2D eigenvalue weighted by atomic mass is 10.1. The number of hydrogen-bond acceptors (Lipinski definition) is 6. The second-order valence-corrected chi connectivity index (χ2v) is 8.23. The third-order valence-electron chi connectivity index (χ3n) is 6.35. The van der Waals surface area contributed by atoms with Gasteiger partial charge in [-0.05, 0) is 43.3 Å². The van der Waals surface area contributed by atoms with Crippen molar-refractivity contribution < 1.29 is 14.0 Å². The standard InChI is InChI=1S/C23H29FN6O2/c1-17(27-9-11-28(12-10-27)19-6-4-18(24)5-7-19)23(32)30-15-13-29(14-16-30)22-20(21(25)31)3-2-8-26-22/h2-8,17H,9-16H2,1H3,(H2,25,31). The van der Waals surface area contributed by atoms with Crippen molar-refractivity contribution in [1.29, 1.82) is 0 Å². The van der Waals surface area contributed by atoms with Crippen LogP contribution in [0, 0.1) is 5.82 Å². The highest BCUT2D eigenvalue weighted by Crippen LogP contribution is 2.21. The van der Waals surface area contributed by atoms with E-state index in [1.807, 2.05) is 16.7 Å². The summed E-state index contributed by atoms with van der Waals surface area (Å²) >= 11 is 0. The van der Waals surface area contributed by atoms with Crippen molar-refractivity contribution >= 4 is 23.3 Å². The first-order valence-electron chi connectivity index (χ1n) is 11.0. The Balaban J connectivity index is 1.30. The van der Waals surface area contributed by atoms with Crippen LogP contribution >= 0.6 is 0 Å². The molecule has 0 aliphatic carbocycles. The minimum atomic E-state index is -0.500. The Kier molecular flexibility index (Phi) is 6.55. The molecule has 1 aromatic carbocycles. The lowest BCUT2D eigenvalue weighted by Crippen LogP contribution is -2.57. The molecular formula is C23H29FN6O2. The Hall–Kier alpha value is -3.20. The zero-order chi connectivity index (χ0) is 22.7. The van der Waals surface area contributed by atoms with Gasteiger partial charge in [0.25, 0.3) is 5.91 Å². The van der Waals surface area contributed by atoms with E-state index >= 15 is 0 Å². The van der Waals surface area contributed by atoms with Gasteiger partial charge in [0.05, 0.1) is 11.6 Å². The molecule has 2 N–H and O–H groups in total. The van der Waals surface area contributed by atoms with Crippen molar-refractivity contribution in [3.05, 3.63) is 54.0 Å². The highest BCUT2D eigenvalue weighted by Gasteiger charge is 2.31. The minimum Gasteiger partial charge on any atom is -0.369 e. The fourth-order valence-electron chi connectivity index (χ4n) is 4.42.